The third kappa shape index (κ3) is 3.60. The lowest BCUT2D eigenvalue weighted by molar-refractivity contribution is 1.13. The number of benzene rings is 1. The van der Waals surface area contributed by atoms with Gasteiger partial charge in [-0.1, -0.05) is 29.3 Å². The lowest BCUT2D eigenvalue weighted by Gasteiger charge is -2.09. The van der Waals surface area contributed by atoms with E-state index in [1.807, 2.05) is 24.3 Å². The molecule has 0 amide bonds. The van der Waals surface area contributed by atoms with Gasteiger partial charge in [-0.25, -0.2) is 4.98 Å². The summed E-state index contributed by atoms with van der Waals surface area (Å²) in [7, 11) is 0. The number of halogens is 4. The molecule has 0 atom stereocenters. The molecule has 0 unspecified atom stereocenters. The van der Waals surface area contributed by atoms with Gasteiger partial charge in [-0.2, -0.15) is 0 Å². The van der Waals surface area contributed by atoms with Gasteiger partial charge in [0.2, 0.25) is 0 Å². The molecule has 0 fully saturated rings. The van der Waals surface area contributed by atoms with Crippen molar-refractivity contribution in [2.75, 3.05) is 5.32 Å². The fourth-order valence-corrected chi connectivity index (χ4v) is 2.34. The second-order valence-electron chi connectivity index (χ2n) is 3.59. The molecule has 1 N–H and O–H groups in total. The molecule has 0 aliphatic rings. The predicted octanol–water partition coefficient (Wildman–Crippen LogP) is 5.53. The number of nitrogens with one attached hydrogen (secondary N) is 1. The summed E-state index contributed by atoms with van der Waals surface area (Å²) in [5, 5.41) is 4.35. The highest BCUT2D eigenvalue weighted by Crippen LogP contribution is 2.26. The molecule has 2 rings (SSSR count). The van der Waals surface area contributed by atoms with E-state index in [2.05, 4.69) is 42.2 Å². The number of anilines is 1. The number of pyridine rings is 1. The quantitative estimate of drug-likeness (QED) is 0.673. The smallest absolute Gasteiger partial charge is 0.152 e. The molecule has 0 radical (unpaired) electrons. The summed E-state index contributed by atoms with van der Waals surface area (Å²) >= 11 is 18.7. The van der Waals surface area contributed by atoms with Gasteiger partial charge in [-0.3, -0.25) is 0 Å². The van der Waals surface area contributed by atoms with Gasteiger partial charge in [0.1, 0.15) is 0 Å². The average Bonchev–Trinajstić information content (AvgIpc) is 2.34. The van der Waals surface area contributed by atoms with E-state index in [1.165, 1.54) is 0 Å². The summed E-state index contributed by atoms with van der Waals surface area (Å²) in [6.45, 7) is 0.630. The van der Waals surface area contributed by atoms with E-state index in [-0.39, 0.29) is 0 Å². The van der Waals surface area contributed by atoms with Crippen LogP contribution in [0, 0.1) is 0 Å². The van der Waals surface area contributed by atoms with Crippen molar-refractivity contribution in [1.29, 1.82) is 0 Å². The average molecular weight is 411 g/mol. The van der Waals surface area contributed by atoms with Crippen molar-refractivity contribution in [3.8, 4) is 0 Å². The normalized spacial score (nSPS) is 10.4. The Morgan fingerprint density at radius 3 is 2.67 bits per heavy atom. The standard InChI is InChI=1S/C12H8Br2Cl2N2/c13-8-4-11(12(16)18-6-8)17-5-7-1-2-9(14)10(15)3-7/h1-4,6,17H,5H2. The van der Waals surface area contributed by atoms with Crippen molar-refractivity contribution in [1.82, 2.24) is 4.98 Å². The molecule has 0 saturated carbocycles. The van der Waals surface area contributed by atoms with Gasteiger partial charge >= 0.3 is 0 Å². The molecule has 1 heterocycles. The lowest BCUT2D eigenvalue weighted by Crippen LogP contribution is -2.00. The first-order valence-electron chi connectivity index (χ1n) is 5.05. The zero-order valence-corrected chi connectivity index (χ0v) is 13.7. The molecule has 6 heteroatoms. The molecule has 0 aliphatic carbocycles. The van der Waals surface area contributed by atoms with Gasteiger partial charge in [0.05, 0.1) is 10.7 Å². The number of hydrogen-bond donors (Lipinski definition) is 1. The Kier molecular flexibility index (Phi) is 4.90. The second-order valence-corrected chi connectivity index (χ2v) is 6.13. The lowest BCUT2D eigenvalue weighted by atomic mass is 10.2. The van der Waals surface area contributed by atoms with Crippen molar-refractivity contribution < 1.29 is 0 Å². The molecule has 0 spiro atoms. The zero-order chi connectivity index (χ0) is 13.1. The first kappa shape index (κ1) is 14.1. The summed E-state index contributed by atoms with van der Waals surface area (Å²) in [5.74, 6) is 0. The Morgan fingerprint density at radius 2 is 1.94 bits per heavy atom. The molecule has 1 aromatic heterocycles. The van der Waals surface area contributed by atoms with E-state index in [4.69, 9.17) is 23.2 Å². The maximum Gasteiger partial charge on any atom is 0.152 e. The first-order valence-corrected chi connectivity index (χ1v) is 7.39. The van der Waals surface area contributed by atoms with Crippen molar-refractivity contribution >= 4 is 60.7 Å². The minimum Gasteiger partial charge on any atom is -0.378 e. The Labute approximate surface area is 132 Å². The van der Waals surface area contributed by atoms with Crippen molar-refractivity contribution in [3.05, 3.63) is 55.1 Å². The zero-order valence-electron chi connectivity index (χ0n) is 9.05. The number of nitrogens with zero attached hydrogens (tertiary/aromatic N) is 1. The van der Waals surface area contributed by atoms with Crippen LogP contribution in [0.4, 0.5) is 5.69 Å². The third-order valence-electron chi connectivity index (χ3n) is 2.27. The highest BCUT2D eigenvalue weighted by atomic mass is 79.9. The van der Waals surface area contributed by atoms with Gasteiger partial charge in [0.25, 0.3) is 0 Å². The van der Waals surface area contributed by atoms with Crippen LogP contribution in [-0.4, -0.2) is 4.98 Å². The minimum absolute atomic E-state index is 0.446. The van der Waals surface area contributed by atoms with E-state index in [0.717, 1.165) is 20.2 Å². The molecule has 0 bridgehead atoms. The van der Waals surface area contributed by atoms with Crippen LogP contribution in [0.5, 0.6) is 0 Å². The number of aromatic nitrogens is 1. The predicted molar refractivity (Wildman–Crippen MR) is 83.4 cm³/mol. The van der Waals surface area contributed by atoms with E-state index in [1.54, 1.807) is 6.20 Å². The summed E-state index contributed by atoms with van der Waals surface area (Å²) < 4.78 is 1.76. The first-order chi connectivity index (χ1) is 8.56. The van der Waals surface area contributed by atoms with Crippen LogP contribution in [0.2, 0.25) is 10.2 Å². The fourth-order valence-electron chi connectivity index (χ4n) is 1.39. The summed E-state index contributed by atoms with van der Waals surface area (Å²) in [6.07, 6.45) is 1.66. The van der Waals surface area contributed by atoms with Crippen LogP contribution in [0.1, 0.15) is 5.56 Å². The maximum absolute atomic E-state index is 6.03. The van der Waals surface area contributed by atoms with Crippen molar-refractivity contribution in [2.24, 2.45) is 0 Å². The molecule has 1 aromatic carbocycles. The van der Waals surface area contributed by atoms with E-state index < -0.39 is 0 Å². The highest BCUT2D eigenvalue weighted by molar-refractivity contribution is 9.10. The van der Waals surface area contributed by atoms with Gasteiger partial charge in [0, 0.05) is 21.7 Å². The molecule has 0 saturated heterocycles. The molecular weight excluding hydrogens is 403 g/mol. The van der Waals surface area contributed by atoms with Crippen LogP contribution in [0.25, 0.3) is 0 Å². The highest BCUT2D eigenvalue weighted by Gasteiger charge is 2.03. The Morgan fingerprint density at radius 1 is 1.17 bits per heavy atom. The summed E-state index contributed by atoms with van der Waals surface area (Å²) in [5.41, 5.74) is 1.85. The SMILES string of the molecule is Clc1cc(CNc2cc(Br)cnc2Cl)ccc1Br. The second kappa shape index (κ2) is 6.24. The molecular formula is C12H8Br2Cl2N2. The van der Waals surface area contributed by atoms with E-state index in [9.17, 15) is 0 Å². The monoisotopic (exact) mass is 408 g/mol. The molecule has 94 valence electrons. The fraction of sp³-hybridized carbons (Fsp3) is 0.0833. The van der Waals surface area contributed by atoms with Gasteiger partial charge in [0.15, 0.2) is 5.15 Å². The Hall–Kier alpha value is -0.290. The largest absolute Gasteiger partial charge is 0.378 e. The van der Waals surface area contributed by atoms with Crippen LogP contribution in [-0.2, 0) is 6.54 Å². The maximum atomic E-state index is 6.03. The Bertz CT molecular complexity index is 576. The molecule has 18 heavy (non-hydrogen) atoms. The molecule has 2 aromatic rings. The van der Waals surface area contributed by atoms with Crippen LogP contribution in [0.3, 0.4) is 0 Å². The van der Waals surface area contributed by atoms with Gasteiger partial charge < -0.3 is 5.32 Å². The van der Waals surface area contributed by atoms with Crippen LogP contribution >= 0.6 is 55.1 Å². The van der Waals surface area contributed by atoms with E-state index in [0.29, 0.717) is 16.7 Å². The van der Waals surface area contributed by atoms with E-state index >= 15 is 0 Å². The van der Waals surface area contributed by atoms with Crippen molar-refractivity contribution in [3.63, 3.8) is 0 Å². The topological polar surface area (TPSA) is 24.9 Å². The number of hydrogen-bond acceptors (Lipinski definition) is 2. The Balaban J connectivity index is 2.11. The summed E-state index contributed by atoms with van der Waals surface area (Å²) in [4.78, 5) is 4.05. The number of rotatable bonds is 3. The van der Waals surface area contributed by atoms with Crippen LogP contribution < -0.4 is 5.32 Å². The summed E-state index contributed by atoms with van der Waals surface area (Å²) in [6, 6.07) is 7.69. The minimum atomic E-state index is 0.446. The van der Waals surface area contributed by atoms with Crippen molar-refractivity contribution in [2.45, 2.75) is 6.54 Å². The van der Waals surface area contributed by atoms with Gasteiger partial charge in [-0.15, -0.1) is 0 Å². The molecule has 2 nitrogen and oxygen atoms in total. The van der Waals surface area contributed by atoms with Crippen LogP contribution in [0.15, 0.2) is 39.4 Å². The third-order valence-corrected chi connectivity index (χ3v) is 4.24. The molecule has 0 aliphatic heterocycles. The van der Waals surface area contributed by atoms with Gasteiger partial charge in [-0.05, 0) is 55.6 Å².